The molecule has 1 aliphatic rings. The topological polar surface area (TPSA) is 212 Å². The Hall–Kier alpha value is -1.46. The lowest BCUT2D eigenvalue weighted by Crippen LogP contribution is -2.61. The van der Waals surface area contributed by atoms with Gasteiger partial charge in [0.25, 0.3) is 0 Å². The molecule has 14 heteroatoms. The minimum atomic E-state index is -5.12. The standard InChI is InChI=1S/C50H95NO12S/c1-3-5-7-9-11-13-15-17-19-20-21-22-23-25-27-29-31-33-35-37-39-44(54)49(57)51-42(41-61-50-47(56)48(63-64(58,59)60)46(55)45(40-52)62-50)43(53)38-36-34-32-30-28-26-24-18-16-14-12-10-8-6-4-2/h22-23,36,38,42-48,50,52-56H,3-21,24-35,37,39-41H2,1-2H3,(H,51,57)(H,58,59,60)/b23-22-,38-36+. The van der Waals surface area contributed by atoms with E-state index in [1.165, 1.54) is 135 Å². The van der Waals surface area contributed by atoms with Gasteiger partial charge in [-0.05, 0) is 44.9 Å². The van der Waals surface area contributed by atoms with Crippen LogP contribution in [0.1, 0.15) is 226 Å². The molecular weight excluding hydrogens is 839 g/mol. The second-order valence-electron chi connectivity index (χ2n) is 18.3. The van der Waals surface area contributed by atoms with Gasteiger partial charge in [0.1, 0.15) is 30.5 Å². The number of aliphatic hydroxyl groups is 5. The molecule has 0 aromatic carbocycles. The van der Waals surface area contributed by atoms with Gasteiger partial charge in [-0.3, -0.25) is 9.35 Å². The minimum absolute atomic E-state index is 0.237. The third-order valence-electron chi connectivity index (χ3n) is 12.3. The summed E-state index contributed by atoms with van der Waals surface area (Å²) < 4.78 is 47.6. The highest BCUT2D eigenvalue weighted by molar-refractivity contribution is 7.80. The second kappa shape index (κ2) is 40.6. The van der Waals surface area contributed by atoms with E-state index < -0.39 is 78.5 Å². The summed E-state index contributed by atoms with van der Waals surface area (Å²) in [6.45, 7) is 3.23. The van der Waals surface area contributed by atoms with E-state index in [1.54, 1.807) is 6.08 Å². The molecule has 1 heterocycles. The Kier molecular flexibility index (Phi) is 38.4. The first-order valence-electron chi connectivity index (χ1n) is 25.8. The normalized spacial score (nSPS) is 20.9. The largest absolute Gasteiger partial charge is 0.397 e. The molecule has 1 amide bonds. The smallest absolute Gasteiger partial charge is 0.394 e. The first kappa shape index (κ1) is 60.6. The Labute approximate surface area is 389 Å². The maximum Gasteiger partial charge on any atom is 0.397 e. The summed E-state index contributed by atoms with van der Waals surface area (Å²) in [5.74, 6) is -0.705. The highest BCUT2D eigenvalue weighted by Crippen LogP contribution is 2.26. The summed E-state index contributed by atoms with van der Waals surface area (Å²) in [6, 6.07) is -1.12. The van der Waals surface area contributed by atoms with Crippen LogP contribution in [0.4, 0.5) is 0 Å². The fraction of sp³-hybridized carbons (Fsp3) is 0.900. The van der Waals surface area contributed by atoms with Gasteiger partial charge >= 0.3 is 10.4 Å². The van der Waals surface area contributed by atoms with Gasteiger partial charge < -0.3 is 40.3 Å². The van der Waals surface area contributed by atoms with Crippen LogP contribution in [0.15, 0.2) is 24.3 Å². The molecule has 0 bridgehead atoms. The van der Waals surface area contributed by atoms with E-state index in [1.807, 2.05) is 6.08 Å². The number of aliphatic hydroxyl groups excluding tert-OH is 5. The van der Waals surface area contributed by atoms with Crippen molar-refractivity contribution in [2.24, 2.45) is 0 Å². The molecule has 0 aromatic rings. The van der Waals surface area contributed by atoms with E-state index in [0.29, 0.717) is 12.8 Å². The first-order chi connectivity index (χ1) is 30.9. The highest BCUT2D eigenvalue weighted by atomic mass is 32.3. The Morgan fingerprint density at radius 3 is 1.45 bits per heavy atom. The van der Waals surface area contributed by atoms with Crippen LogP contribution in [0.25, 0.3) is 0 Å². The number of hydrogen-bond donors (Lipinski definition) is 7. The van der Waals surface area contributed by atoms with Crippen molar-refractivity contribution in [3.63, 3.8) is 0 Å². The van der Waals surface area contributed by atoms with Gasteiger partial charge in [0.15, 0.2) is 6.29 Å². The average Bonchev–Trinajstić information content (AvgIpc) is 3.27. The second-order valence-corrected chi connectivity index (χ2v) is 19.3. The van der Waals surface area contributed by atoms with Crippen molar-refractivity contribution in [3.8, 4) is 0 Å². The van der Waals surface area contributed by atoms with Crippen molar-refractivity contribution < 1.29 is 57.0 Å². The van der Waals surface area contributed by atoms with Gasteiger partial charge in [-0.2, -0.15) is 8.42 Å². The molecule has 0 saturated carbocycles. The van der Waals surface area contributed by atoms with Crippen LogP contribution in [-0.4, -0.2) is 107 Å². The van der Waals surface area contributed by atoms with E-state index in [-0.39, 0.29) is 6.42 Å². The van der Waals surface area contributed by atoms with Gasteiger partial charge in [-0.15, -0.1) is 0 Å². The number of hydrogen-bond acceptors (Lipinski definition) is 11. The summed E-state index contributed by atoms with van der Waals surface area (Å²) in [7, 11) is -5.12. The molecule has 1 rings (SSSR count). The lowest BCUT2D eigenvalue weighted by Gasteiger charge is -2.41. The number of rotatable bonds is 44. The number of ether oxygens (including phenoxy) is 2. The summed E-state index contributed by atoms with van der Waals surface area (Å²) >= 11 is 0. The Morgan fingerprint density at radius 1 is 0.625 bits per heavy atom. The molecule has 8 unspecified atom stereocenters. The van der Waals surface area contributed by atoms with Crippen molar-refractivity contribution in [1.29, 1.82) is 0 Å². The fourth-order valence-corrected chi connectivity index (χ4v) is 8.73. The van der Waals surface area contributed by atoms with Crippen LogP contribution in [0, 0.1) is 0 Å². The van der Waals surface area contributed by atoms with E-state index in [9.17, 15) is 43.3 Å². The number of unbranched alkanes of at least 4 members (excludes halogenated alkanes) is 29. The van der Waals surface area contributed by atoms with Gasteiger partial charge in [-0.1, -0.05) is 205 Å². The molecule has 1 fully saturated rings. The molecule has 0 radical (unpaired) electrons. The predicted octanol–water partition coefficient (Wildman–Crippen LogP) is 9.86. The summed E-state index contributed by atoms with van der Waals surface area (Å²) in [5.41, 5.74) is 0. The fourth-order valence-electron chi connectivity index (χ4n) is 8.22. The van der Waals surface area contributed by atoms with E-state index in [0.717, 1.165) is 57.8 Å². The summed E-state index contributed by atoms with van der Waals surface area (Å²) in [5, 5.41) is 55.3. The number of carbonyl (C=O) groups excluding carboxylic acids is 1. The highest BCUT2D eigenvalue weighted by Gasteiger charge is 2.48. The molecule has 64 heavy (non-hydrogen) atoms. The number of allylic oxidation sites excluding steroid dienone is 3. The van der Waals surface area contributed by atoms with Crippen LogP contribution >= 0.6 is 0 Å². The Morgan fingerprint density at radius 2 is 1.03 bits per heavy atom. The molecule has 7 N–H and O–H groups in total. The maximum absolute atomic E-state index is 13.1. The molecular formula is C50H95NO12S. The Balaban J connectivity index is 2.51. The number of carbonyl (C=O) groups is 1. The van der Waals surface area contributed by atoms with E-state index >= 15 is 0 Å². The lowest BCUT2D eigenvalue weighted by atomic mass is 9.99. The minimum Gasteiger partial charge on any atom is -0.394 e. The van der Waals surface area contributed by atoms with Crippen molar-refractivity contribution in [1.82, 2.24) is 5.32 Å². The average molecular weight is 934 g/mol. The van der Waals surface area contributed by atoms with Crippen molar-refractivity contribution in [2.75, 3.05) is 13.2 Å². The maximum atomic E-state index is 13.1. The molecule has 378 valence electrons. The molecule has 0 aromatic heterocycles. The zero-order chi connectivity index (χ0) is 47.1. The Bertz CT molecular complexity index is 1250. The summed E-state index contributed by atoms with van der Waals surface area (Å²) in [6.07, 6.45) is 35.4. The third kappa shape index (κ3) is 32.3. The monoisotopic (exact) mass is 934 g/mol. The van der Waals surface area contributed by atoms with Crippen molar-refractivity contribution in [3.05, 3.63) is 24.3 Å². The van der Waals surface area contributed by atoms with Crippen LogP contribution in [0.5, 0.6) is 0 Å². The number of amides is 1. The van der Waals surface area contributed by atoms with Crippen molar-refractivity contribution in [2.45, 2.75) is 275 Å². The van der Waals surface area contributed by atoms with Gasteiger partial charge in [-0.25, -0.2) is 4.18 Å². The SMILES string of the molecule is CCCCCCCCCCCC/C=C\CCCCCCCCC(O)C(=O)NC(COC1OC(CO)C(O)C(OS(=O)(=O)O)C1O)C(O)/C=C/CCCCCCCCCCCCCCC. The predicted molar refractivity (Wildman–Crippen MR) is 256 cm³/mol. The molecule has 13 nitrogen and oxygen atoms in total. The van der Waals surface area contributed by atoms with Crippen LogP contribution in [0.2, 0.25) is 0 Å². The van der Waals surface area contributed by atoms with Gasteiger partial charge in [0, 0.05) is 0 Å². The first-order valence-corrected chi connectivity index (χ1v) is 27.2. The van der Waals surface area contributed by atoms with Crippen LogP contribution in [-0.2, 0) is 28.9 Å². The number of nitrogens with one attached hydrogen (secondary N) is 1. The molecule has 0 spiro atoms. The van der Waals surface area contributed by atoms with E-state index in [2.05, 4.69) is 35.5 Å². The van der Waals surface area contributed by atoms with E-state index in [4.69, 9.17) is 9.47 Å². The van der Waals surface area contributed by atoms with Gasteiger partial charge in [0.2, 0.25) is 5.91 Å². The van der Waals surface area contributed by atoms with Crippen LogP contribution < -0.4 is 5.32 Å². The molecule has 0 aliphatic carbocycles. The summed E-state index contributed by atoms with van der Waals surface area (Å²) in [4.78, 5) is 13.1. The van der Waals surface area contributed by atoms with Crippen LogP contribution in [0.3, 0.4) is 0 Å². The molecule has 1 saturated heterocycles. The third-order valence-corrected chi connectivity index (χ3v) is 12.8. The zero-order valence-electron chi connectivity index (χ0n) is 40.2. The molecule has 1 aliphatic heterocycles. The lowest BCUT2D eigenvalue weighted by molar-refractivity contribution is -0.298. The van der Waals surface area contributed by atoms with Gasteiger partial charge in [0.05, 0.1) is 25.4 Å². The quantitative estimate of drug-likeness (QED) is 0.0173. The molecule has 8 atom stereocenters. The zero-order valence-corrected chi connectivity index (χ0v) is 41.0. The van der Waals surface area contributed by atoms with Crippen molar-refractivity contribution >= 4 is 16.3 Å².